The minimum Gasteiger partial charge on any atom is -0.0620 e. The second-order valence-electron chi connectivity index (χ2n) is 16.1. The molecule has 0 atom stereocenters. The topological polar surface area (TPSA) is 0 Å². The molecule has 0 nitrogen and oxygen atoms in total. The lowest BCUT2D eigenvalue weighted by molar-refractivity contribution is 0.590. The molecule has 4 aromatic carbocycles. The van der Waals surface area contributed by atoms with E-state index in [0.29, 0.717) is 0 Å². The maximum atomic E-state index is 2.51. The molecule has 0 fully saturated rings. The zero-order chi connectivity index (χ0) is 30.4. The number of rotatable bonds is 4. The molecule has 1 heteroatoms. The first-order chi connectivity index (χ1) is 18.8. The highest BCUT2D eigenvalue weighted by molar-refractivity contribution is 7.19. The Morgan fingerprint density at radius 3 is 0.878 bits per heavy atom. The van der Waals surface area contributed by atoms with Crippen LogP contribution in [0, 0.1) is 0 Å². The summed E-state index contributed by atoms with van der Waals surface area (Å²) in [4.78, 5) is 0. The van der Waals surface area contributed by atoms with Gasteiger partial charge >= 0.3 is 0 Å². The summed E-state index contributed by atoms with van der Waals surface area (Å²) in [6.45, 7) is 27.7. The Kier molecular flexibility index (Phi) is 8.13. The lowest BCUT2D eigenvalue weighted by Gasteiger charge is -2.36. The van der Waals surface area contributed by atoms with E-state index < -0.39 is 8.07 Å². The molecule has 0 spiro atoms. The van der Waals surface area contributed by atoms with E-state index in [4.69, 9.17) is 0 Å². The Bertz CT molecular complexity index is 1320. The Morgan fingerprint density at radius 2 is 0.610 bits per heavy atom. The van der Waals surface area contributed by atoms with Crippen molar-refractivity contribution in [3.05, 3.63) is 119 Å². The van der Waals surface area contributed by atoms with Crippen molar-refractivity contribution in [3.63, 3.8) is 0 Å². The monoisotopic (exact) mass is 560 g/mol. The molecule has 0 aliphatic rings. The van der Waals surface area contributed by atoms with Gasteiger partial charge in [0.15, 0.2) is 8.07 Å². The van der Waals surface area contributed by atoms with Crippen molar-refractivity contribution in [3.8, 4) is 0 Å². The van der Waals surface area contributed by atoms with E-state index >= 15 is 0 Å². The van der Waals surface area contributed by atoms with Crippen molar-refractivity contribution in [1.82, 2.24) is 0 Å². The molecule has 0 amide bonds. The summed E-state index contributed by atoms with van der Waals surface area (Å²) >= 11 is 0. The highest BCUT2D eigenvalue weighted by Gasteiger charge is 2.42. The van der Waals surface area contributed by atoms with Gasteiger partial charge in [0.05, 0.1) is 0 Å². The molecule has 216 valence electrons. The molecule has 0 unspecified atom stereocenters. The minimum absolute atomic E-state index is 0.0679. The van der Waals surface area contributed by atoms with Crippen LogP contribution in [0.3, 0.4) is 0 Å². The second kappa shape index (κ2) is 10.7. The summed E-state index contributed by atoms with van der Waals surface area (Å²) < 4.78 is 0. The third kappa shape index (κ3) is 6.31. The van der Waals surface area contributed by atoms with Crippen LogP contribution in [0.4, 0.5) is 0 Å². The third-order valence-electron chi connectivity index (χ3n) is 8.71. The SMILES string of the molecule is CC(C)(C)c1ccc([Si](c2ccc(C(C)(C)C)cc2)(c2ccc(C(C)(C)C)cc2)c2cccc(C(C)(C)C)c2)cc1. The van der Waals surface area contributed by atoms with Crippen molar-refractivity contribution in [2.45, 2.75) is 105 Å². The smallest absolute Gasteiger partial charge is 0.0620 e. The maximum Gasteiger partial charge on any atom is 0.179 e. The lowest BCUT2D eigenvalue weighted by atomic mass is 9.87. The largest absolute Gasteiger partial charge is 0.179 e. The van der Waals surface area contributed by atoms with Crippen LogP contribution in [0.15, 0.2) is 97.1 Å². The summed E-state index contributed by atoms with van der Waals surface area (Å²) in [6.07, 6.45) is 0. The number of benzene rings is 4. The predicted molar refractivity (Wildman–Crippen MR) is 185 cm³/mol. The van der Waals surface area contributed by atoms with Gasteiger partial charge in [-0.1, -0.05) is 180 Å². The average Bonchev–Trinajstić information content (AvgIpc) is 2.88. The average molecular weight is 561 g/mol. The normalized spacial score (nSPS) is 13.4. The second-order valence-corrected chi connectivity index (χ2v) is 19.9. The third-order valence-corrected chi connectivity index (χ3v) is 13.5. The molecule has 4 rings (SSSR count). The van der Waals surface area contributed by atoms with E-state index in [9.17, 15) is 0 Å². The Balaban J connectivity index is 2.13. The van der Waals surface area contributed by atoms with E-state index in [1.54, 1.807) is 0 Å². The van der Waals surface area contributed by atoms with Crippen molar-refractivity contribution in [2.24, 2.45) is 0 Å². The van der Waals surface area contributed by atoms with Gasteiger partial charge in [-0.05, 0) is 64.7 Å². The molecule has 0 aromatic heterocycles. The molecule has 0 radical (unpaired) electrons. The van der Waals surface area contributed by atoms with Crippen LogP contribution in [0.1, 0.15) is 105 Å². The van der Waals surface area contributed by atoms with Crippen molar-refractivity contribution in [1.29, 1.82) is 0 Å². The fraction of sp³-hybridized carbons (Fsp3) is 0.400. The molecule has 0 aliphatic carbocycles. The Morgan fingerprint density at radius 1 is 0.317 bits per heavy atom. The lowest BCUT2D eigenvalue weighted by Crippen LogP contribution is -2.74. The van der Waals surface area contributed by atoms with Crippen molar-refractivity contribution >= 4 is 28.8 Å². The van der Waals surface area contributed by atoms with Crippen LogP contribution in [-0.2, 0) is 21.7 Å². The van der Waals surface area contributed by atoms with E-state index in [1.165, 1.54) is 43.0 Å². The molecule has 41 heavy (non-hydrogen) atoms. The van der Waals surface area contributed by atoms with Gasteiger partial charge in [0, 0.05) is 0 Å². The van der Waals surface area contributed by atoms with Crippen LogP contribution in [0.2, 0.25) is 0 Å². The summed E-state index contributed by atoms with van der Waals surface area (Å²) in [5.74, 6) is 0. The number of hydrogen-bond acceptors (Lipinski definition) is 0. The fourth-order valence-corrected chi connectivity index (χ4v) is 10.6. The van der Waals surface area contributed by atoms with Crippen LogP contribution in [0.25, 0.3) is 0 Å². The van der Waals surface area contributed by atoms with E-state index in [1.807, 2.05) is 0 Å². The van der Waals surface area contributed by atoms with E-state index in [0.717, 1.165) is 0 Å². The molecule has 0 N–H and O–H groups in total. The predicted octanol–water partition coefficient (Wildman–Crippen LogP) is 8.25. The standard InChI is InChI=1S/C40H52Si/c1-37(2,3)29-16-22-33(23-17-29)41(34-24-18-30(19-25-34)38(4,5)6,35-26-20-31(21-27-35)39(7,8)9)36-15-13-14-32(28-36)40(10,11)12/h13-28H,1-12H3. The van der Waals surface area contributed by atoms with Crippen molar-refractivity contribution < 1.29 is 0 Å². The van der Waals surface area contributed by atoms with Crippen molar-refractivity contribution in [2.75, 3.05) is 0 Å². The van der Waals surface area contributed by atoms with Gasteiger partial charge < -0.3 is 0 Å². The molecular weight excluding hydrogens is 509 g/mol. The summed E-state index contributed by atoms with van der Waals surface area (Å²) in [7, 11) is -2.66. The molecule has 0 saturated heterocycles. The fourth-order valence-electron chi connectivity index (χ4n) is 5.88. The first-order valence-electron chi connectivity index (χ1n) is 15.3. The first-order valence-corrected chi connectivity index (χ1v) is 17.3. The first kappa shape index (κ1) is 31.0. The summed E-state index contributed by atoms with van der Waals surface area (Å²) in [6, 6.07) is 38.4. The van der Waals surface area contributed by atoms with E-state index in [2.05, 4.69) is 180 Å². The molecular formula is C40H52Si. The molecule has 4 aromatic rings. The van der Waals surface area contributed by atoms with Crippen LogP contribution in [0.5, 0.6) is 0 Å². The molecule has 0 heterocycles. The molecule has 0 bridgehead atoms. The summed E-state index contributed by atoms with van der Waals surface area (Å²) in [5.41, 5.74) is 5.90. The zero-order valence-electron chi connectivity index (χ0n) is 27.7. The van der Waals surface area contributed by atoms with Gasteiger partial charge in [-0.25, -0.2) is 0 Å². The van der Waals surface area contributed by atoms with E-state index in [-0.39, 0.29) is 21.7 Å². The van der Waals surface area contributed by atoms with Crippen LogP contribution >= 0.6 is 0 Å². The minimum atomic E-state index is -2.66. The molecule has 0 aliphatic heterocycles. The van der Waals surface area contributed by atoms with Gasteiger partial charge in [0.25, 0.3) is 0 Å². The van der Waals surface area contributed by atoms with Gasteiger partial charge in [0.2, 0.25) is 0 Å². The Labute approximate surface area is 252 Å². The highest BCUT2D eigenvalue weighted by Crippen LogP contribution is 2.26. The zero-order valence-corrected chi connectivity index (χ0v) is 28.7. The molecule has 0 saturated carbocycles. The quantitative estimate of drug-likeness (QED) is 0.174. The van der Waals surface area contributed by atoms with Gasteiger partial charge in [-0.15, -0.1) is 0 Å². The van der Waals surface area contributed by atoms with Gasteiger partial charge in [0.1, 0.15) is 0 Å². The van der Waals surface area contributed by atoms with Crippen LogP contribution in [-0.4, -0.2) is 8.07 Å². The Hall–Kier alpha value is -2.90. The number of hydrogen-bond donors (Lipinski definition) is 0. The van der Waals surface area contributed by atoms with Crippen LogP contribution < -0.4 is 20.7 Å². The van der Waals surface area contributed by atoms with Gasteiger partial charge in [-0.3, -0.25) is 0 Å². The maximum absolute atomic E-state index is 2.66. The summed E-state index contributed by atoms with van der Waals surface area (Å²) in [5, 5.41) is 5.75. The van der Waals surface area contributed by atoms with Gasteiger partial charge in [-0.2, -0.15) is 0 Å². The highest BCUT2D eigenvalue weighted by atomic mass is 28.3.